The Kier molecular flexibility index (Phi) is 3.07. The van der Waals surface area contributed by atoms with Crippen molar-refractivity contribution in [3.05, 3.63) is 46.2 Å². The molecule has 2 aromatic rings. The van der Waals surface area contributed by atoms with Crippen LogP contribution in [0.2, 0.25) is 0 Å². The van der Waals surface area contributed by atoms with E-state index < -0.39 is 0 Å². The molecule has 108 valence electrons. The number of aryl methyl sites for hydroxylation is 1. The van der Waals surface area contributed by atoms with Crippen molar-refractivity contribution in [2.24, 2.45) is 0 Å². The molecule has 4 nitrogen and oxygen atoms in total. The highest BCUT2D eigenvalue weighted by atomic mass is 32.1. The van der Waals surface area contributed by atoms with Gasteiger partial charge in [0.2, 0.25) is 0 Å². The van der Waals surface area contributed by atoms with Crippen LogP contribution in [0.3, 0.4) is 0 Å². The summed E-state index contributed by atoms with van der Waals surface area (Å²) in [5, 5.41) is 7.42. The molecule has 21 heavy (non-hydrogen) atoms. The Morgan fingerprint density at radius 2 is 2.19 bits per heavy atom. The highest BCUT2D eigenvalue weighted by molar-refractivity contribution is 7.16. The predicted octanol–water partition coefficient (Wildman–Crippen LogP) is 3.41. The molecule has 0 fully saturated rings. The van der Waals surface area contributed by atoms with Crippen molar-refractivity contribution >= 4 is 28.3 Å². The van der Waals surface area contributed by atoms with Crippen LogP contribution in [0.1, 0.15) is 39.4 Å². The van der Waals surface area contributed by atoms with Gasteiger partial charge in [-0.15, -0.1) is 11.3 Å². The molecule has 0 saturated carbocycles. The lowest BCUT2D eigenvalue weighted by molar-refractivity contribution is 0.0943. The van der Waals surface area contributed by atoms with Gasteiger partial charge in [-0.3, -0.25) is 4.79 Å². The number of carbonyl (C=O) groups excluding carboxylic acids is 1. The molecule has 2 aromatic heterocycles. The third kappa shape index (κ3) is 2.27. The molecule has 0 saturated heterocycles. The second-order valence-electron chi connectivity index (χ2n) is 5.39. The second kappa shape index (κ2) is 5.07. The van der Waals surface area contributed by atoms with E-state index in [0.29, 0.717) is 0 Å². The summed E-state index contributed by atoms with van der Waals surface area (Å²) < 4.78 is 5.26. The molecule has 3 heterocycles. The summed E-state index contributed by atoms with van der Waals surface area (Å²) in [5.41, 5.74) is 2.14. The molecule has 0 radical (unpaired) electrons. The number of hydrogen-bond donors (Lipinski definition) is 2. The predicted molar refractivity (Wildman–Crippen MR) is 83.6 cm³/mol. The molecule has 4 rings (SSSR count). The molecule has 1 aliphatic carbocycles. The number of hydrogen-bond acceptors (Lipinski definition) is 4. The zero-order valence-corrected chi connectivity index (χ0v) is 12.3. The van der Waals surface area contributed by atoms with Crippen molar-refractivity contribution < 1.29 is 9.21 Å². The van der Waals surface area contributed by atoms with E-state index in [1.54, 1.807) is 17.6 Å². The van der Waals surface area contributed by atoms with Gasteiger partial charge in [0.15, 0.2) is 0 Å². The average Bonchev–Trinajstić information content (AvgIpc) is 3.12. The SMILES string of the molecule is O=C1NC(/C=C/c2ccco2)Nc2sc3c(c21)CCCC3. The first-order valence-corrected chi connectivity index (χ1v) is 8.06. The maximum Gasteiger partial charge on any atom is 0.256 e. The van der Waals surface area contributed by atoms with E-state index in [9.17, 15) is 4.79 Å². The topological polar surface area (TPSA) is 54.3 Å². The van der Waals surface area contributed by atoms with Crippen LogP contribution in [-0.4, -0.2) is 12.1 Å². The quantitative estimate of drug-likeness (QED) is 0.893. The molecule has 1 unspecified atom stereocenters. The fourth-order valence-electron chi connectivity index (χ4n) is 2.97. The summed E-state index contributed by atoms with van der Waals surface area (Å²) in [5.74, 6) is 0.819. The number of carbonyl (C=O) groups is 1. The number of furan rings is 1. The van der Waals surface area contributed by atoms with Crippen molar-refractivity contribution in [2.75, 3.05) is 5.32 Å². The fraction of sp³-hybridized carbons (Fsp3) is 0.312. The molecule has 0 aromatic carbocycles. The number of nitrogens with one attached hydrogen (secondary N) is 2. The first-order valence-electron chi connectivity index (χ1n) is 7.25. The van der Waals surface area contributed by atoms with E-state index in [-0.39, 0.29) is 12.1 Å². The van der Waals surface area contributed by atoms with E-state index >= 15 is 0 Å². The second-order valence-corrected chi connectivity index (χ2v) is 6.49. The first-order chi connectivity index (χ1) is 10.3. The molecule has 2 N–H and O–H groups in total. The largest absolute Gasteiger partial charge is 0.465 e. The summed E-state index contributed by atoms with van der Waals surface area (Å²) in [6.45, 7) is 0. The monoisotopic (exact) mass is 300 g/mol. The lowest BCUT2D eigenvalue weighted by Gasteiger charge is -2.24. The minimum absolute atomic E-state index is 0.0391. The van der Waals surface area contributed by atoms with Gasteiger partial charge < -0.3 is 15.1 Å². The van der Waals surface area contributed by atoms with E-state index in [4.69, 9.17) is 4.42 Å². The number of rotatable bonds is 2. The van der Waals surface area contributed by atoms with Gasteiger partial charge in [0.25, 0.3) is 5.91 Å². The third-order valence-electron chi connectivity index (χ3n) is 3.97. The molecule has 1 amide bonds. The van der Waals surface area contributed by atoms with Gasteiger partial charge in [0, 0.05) is 4.88 Å². The van der Waals surface area contributed by atoms with E-state index in [2.05, 4.69) is 10.6 Å². The molecular weight excluding hydrogens is 284 g/mol. The molecule has 2 aliphatic rings. The summed E-state index contributed by atoms with van der Waals surface area (Å²) in [4.78, 5) is 13.8. The van der Waals surface area contributed by atoms with Crippen LogP contribution in [0.25, 0.3) is 6.08 Å². The number of fused-ring (bicyclic) bond motifs is 3. The van der Waals surface area contributed by atoms with Crippen LogP contribution in [0.4, 0.5) is 5.00 Å². The van der Waals surface area contributed by atoms with Crippen LogP contribution in [0.15, 0.2) is 28.9 Å². The molecule has 1 atom stereocenters. The van der Waals surface area contributed by atoms with E-state index in [0.717, 1.165) is 29.2 Å². The van der Waals surface area contributed by atoms with E-state index in [1.165, 1.54) is 23.3 Å². The molecule has 0 spiro atoms. The van der Waals surface area contributed by atoms with Gasteiger partial charge in [0.05, 0.1) is 11.8 Å². The van der Waals surface area contributed by atoms with Crippen molar-refractivity contribution in [1.29, 1.82) is 0 Å². The Morgan fingerprint density at radius 1 is 1.29 bits per heavy atom. The summed E-state index contributed by atoms with van der Waals surface area (Å²) in [6.07, 6.45) is 9.79. The van der Waals surface area contributed by atoms with Crippen LogP contribution in [-0.2, 0) is 12.8 Å². The average molecular weight is 300 g/mol. The van der Waals surface area contributed by atoms with Crippen molar-refractivity contribution in [2.45, 2.75) is 31.8 Å². The van der Waals surface area contributed by atoms with Gasteiger partial charge in [-0.1, -0.05) is 0 Å². The fourth-order valence-corrected chi connectivity index (χ4v) is 4.30. The minimum Gasteiger partial charge on any atom is -0.465 e. The minimum atomic E-state index is -0.185. The number of thiophene rings is 1. The standard InChI is InChI=1S/C16H16N2O2S/c19-15-14-11-5-1-2-6-12(11)21-16(14)18-13(17-15)8-7-10-4-3-9-20-10/h3-4,7-9,13,18H,1-2,5-6H2,(H,17,19)/b8-7+. The first kappa shape index (κ1) is 12.7. The van der Waals surface area contributed by atoms with Crippen molar-refractivity contribution in [3.63, 3.8) is 0 Å². The highest BCUT2D eigenvalue weighted by Gasteiger charge is 2.30. The normalized spacial score (nSPS) is 20.8. The molecular formula is C16H16N2O2S. The third-order valence-corrected chi connectivity index (χ3v) is 5.19. The van der Waals surface area contributed by atoms with Gasteiger partial charge in [-0.2, -0.15) is 0 Å². The van der Waals surface area contributed by atoms with Gasteiger partial charge in [-0.05, 0) is 55.5 Å². The zero-order valence-electron chi connectivity index (χ0n) is 11.5. The van der Waals surface area contributed by atoms with E-state index in [1.807, 2.05) is 24.3 Å². The highest BCUT2D eigenvalue weighted by Crippen LogP contribution is 2.39. The van der Waals surface area contributed by atoms with Crippen molar-refractivity contribution in [1.82, 2.24) is 5.32 Å². The lowest BCUT2D eigenvalue weighted by Crippen LogP contribution is -2.43. The maximum absolute atomic E-state index is 12.4. The summed E-state index contributed by atoms with van der Waals surface area (Å²) >= 11 is 1.74. The van der Waals surface area contributed by atoms with Crippen molar-refractivity contribution in [3.8, 4) is 0 Å². The lowest BCUT2D eigenvalue weighted by atomic mass is 9.94. The van der Waals surface area contributed by atoms with Crippen LogP contribution < -0.4 is 10.6 Å². The van der Waals surface area contributed by atoms with Crippen LogP contribution in [0.5, 0.6) is 0 Å². The van der Waals surface area contributed by atoms with Gasteiger partial charge in [-0.25, -0.2) is 0 Å². The Morgan fingerprint density at radius 3 is 3.05 bits per heavy atom. The zero-order chi connectivity index (χ0) is 14.2. The number of amides is 1. The summed E-state index contributed by atoms with van der Waals surface area (Å²) in [6, 6.07) is 3.73. The van der Waals surface area contributed by atoms with Crippen LogP contribution in [0, 0.1) is 0 Å². The smallest absolute Gasteiger partial charge is 0.256 e. The molecule has 5 heteroatoms. The molecule has 1 aliphatic heterocycles. The maximum atomic E-state index is 12.4. The Bertz CT molecular complexity index is 700. The molecule has 0 bridgehead atoms. The van der Waals surface area contributed by atoms with Crippen LogP contribution >= 0.6 is 11.3 Å². The Hall–Kier alpha value is -2.01. The Balaban J connectivity index is 1.60. The van der Waals surface area contributed by atoms with Gasteiger partial charge in [0.1, 0.15) is 16.9 Å². The number of anilines is 1. The summed E-state index contributed by atoms with van der Waals surface area (Å²) in [7, 11) is 0. The Labute approximate surface area is 126 Å². The van der Waals surface area contributed by atoms with Gasteiger partial charge >= 0.3 is 0 Å².